The summed E-state index contributed by atoms with van der Waals surface area (Å²) in [6.07, 6.45) is -0.390. The third kappa shape index (κ3) is 5.10. The molecule has 0 unspecified atom stereocenters. The number of rotatable bonds is 8. The summed E-state index contributed by atoms with van der Waals surface area (Å²) in [5.41, 5.74) is 2.12. The van der Waals surface area contributed by atoms with Gasteiger partial charge in [0.25, 0.3) is 10.0 Å². The van der Waals surface area contributed by atoms with Gasteiger partial charge in [-0.3, -0.25) is 9.52 Å². The van der Waals surface area contributed by atoms with Gasteiger partial charge in [-0.1, -0.05) is 48.0 Å². The molecule has 0 aromatic heterocycles. The van der Waals surface area contributed by atoms with Crippen molar-refractivity contribution in [3.8, 4) is 22.6 Å². The van der Waals surface area contributed by atoms with Crippen molar-refractivity contribution in [3.63, 3.8) is 0 Å². The Morgan fingerprint density at radius 1 is 1.00 bits per heavy atom. The van der Waals surface area contributed by atoms with E-state index in [0.717, 1.165) is 11.1 Å². The highest BCUT2D eigenvalue weighted by atomic mass is 35.5. The first-order valence-corrected chi connectivity index (χ1v) is 11.0. The minimum atomic E-state index is -4.20. The average Bonchev–Trinajstić information content (AvgIpc) is 2.73. The standard InChI is InChI=1S/C22H20ClNO6S/c1-29-19-9-8-16(15-6-4-3-5-7-15)13-18(19)24-31(27,28)20-11-14(12-21(25)26)10-17(23)22(20)30-2/h3-11,13,24H,12H2,1-2H3,(H,25,26). The average molecular weight is 462 g/mol. The summed E-state index contributed by atoms with van der Waals surface area (Å²) in [7, 11) is -1.48. The molecule has 3 aromatic carbocycles. The van der Waals surface area contributed by atoms with Crippen LogP contribution in [0.25, 0.3) is 11.1 Å². The molecule has 7 nitrogen and oxygen atoms in total. The maximum Gasteiger partial charge on any atom is 0.307 e. The van der Waals surface area contributed by atoms with Gasteiger partial charge in [-0.25, -0.2) is 8.42 Å². The van der Waals surface area contributed by atoms with E-state index in [9.17, 15) is 13.2 Å². The fraction of sp³-hybridized carbons (Fsp3) is 0.136. The molecule has 2 N–H and O–H groups in total. The highest BCUT2D eigenvalue weighted by molar-refractivity contribution is 7.92. The summed E-state index contributed by atoms with van der Waals surface area (Å²) in [4.78, 5) is 10.8. The zero-order chi connectivity index (χ0) is 22.6. The van der Waals surface area contributed by atoms with Gasteiger partial charge in [0.15, 0.2) is 5.75 Å². The monoisotopic (exact) mass is 461 g/mol. The van der Waals surface area contributed by atoms with E-state index in [4.69, 9.17) is 26.2 Å². The van der Waals surface area contributed by atoms with Crippen LogP contribution in [0.1, 0.15) is 5.56 Å². The number of methoxy groups -OCH3 is 2. The van der Waals surface area contributed by atoms with Gasteiger partial charge >= 0.3 is 5.97 Å². The highest BCUT2D eigenvalue weighted by Crippen LogP contribution is 2.37. The van der Waals surface area contributed by atoms with Gasteiger partial charge < -0.3 is 14.6 Å². The summed E-state index contributed by atoms with van der Waals surface area (Å²) < 4.78 is 39.5. The van der Waals surface area contributed by atoms with E-state index in [2.05, 4.69) is 4.72 Å². The van der Waals surface area contributed by atoms with Crippen LogP contribution in [0.2, 0.25) is 5.02 Å². The minimum absolute atomic E-state index is 0.00775. The molecule has 162 valence electrons. The number of nitrogens with one attached hydrogen (secondary N) is 1. The van der Waals surface area contributed by atoms with Crippen LogP contribution in [0.5, 0.6) is 11.5 Å². The van der Waals surface area contributed by atoms with Crippen LogP contribution >= 0.6 is 11.6 Å². The maximum atomic E-state index is 13.2. The van der Waals surface area contributed by atoms with Crippen LogP contribution in [0.4, 0.5) is 5.69 Å². The number of aliphatic carboxylic acids is 1. The number of carbonyl (C=O) groups is 1. The molecule has 0 amide bonds. The van der Waals surface area contributed by atoms with Crippen molar-refractivity contribution in [1.82, 2.24) is 0 Å². The van der Waals surface area contributed by atoms with Crippen molar-refractivity contribution >= 4 is 33.3 Å². The molecule has 0 radical (unpaired) electrons. The molecule has 3 rings (SSSR count). The lowest BCUT2D eigenvalue weighted by molar-refractivity contribution is -0.136. The van der Waals surface area contributed by atoms with Crippen molar-refractivity contribution < 1.29 is 27.8 Å². The number of benzene rings is 3. The lowest BCUT2D eigenvalue weighted by atomic mass is 10.1. The Kier molecular flexibility index (Phi) is 6.72. The van der Waals surface area contributed by atoms with E-state index in [1.54, 1.807) is 12.1 Å². The fourth-order valence-electron chi connectivity index (χ4n) is 3.09. The first kappa shape index (κ1) is 22.5. The van der Waals surface area contributed by atoms with Crippen molar-refractivity contribution in [2.45, 2.75) is 11.3 Å². The second-order valence-electron chi connectivity index (χ2n) is 6.57. The van der Waals surface area contributed by atoms with Crippen LogP contribution in [0.15, 0.2) is 65.6 Å². The van der Waals surface area contributed by atoms with E-state index in [1.165, 1.54) is 26.4 Å². The zero-order valence-corrected chi connectivity index (χ0v) is 18.3. The largest absolute Gasteiger partial charge is 0.495 e. The van der Waals surface area contributed by atoms with Gasteiger partial charge in [0.2, 0.25) is 0 Å². The molecule has 31 heavy (non-hydrogen) atoms. The van der Waals surface area contributed by atoms with Gasteiger partial charge in [0, 0.05) is 0 Å². The molecular formula is C22H20ClNO6S. The Hall–Kier alpha value is -3.23. The topological polar surface area (TPSA) is 102 Å². The van der Waals surface area contributed by atoms with Crippen molar-refractivity contribution in [2.24, 2.45) is 0 Å². The number of sulfonamides is 1. The number of hydrogen-bond donors (Lipinski definition) is 2. The summed E-state index contributed by atoms with van der Waals surface area (Å²) in [5.74, 6) is -0.883. The van der Waals surface area contributed by atoms with Gasteiger partial charge in [-0.15, -0.1) is 0 Å². The molecule has 9 heteroatoms. The minimum Gasteiger partial charge on any atom is -0.495 e. The van der Waals surface area contributed by atoms with Crippen LogP contribution in [-0.2, 0) is 21.2 Å². The number of hydrogen-bond acceptors (Lipinski definition) is 5. The van der Waals surface area contributed by atoms with Crippen LogP contribution in [0, 0.1) is 0 Å². The molecule has 0 aliphatic carbocycles. The van der Waals surface area contributed by atoms with Crippen molar-refractivity contribution in [3.05, 3.63) is 71.2 Å². The number of halogens is 1. The first-order chi connectivity index (χ1) is 14.7. The molecule has 0 spiro atoms. The van der Waals surface area contributed by atoms with E-state index >= 15 is 0 Å². The van der Waals surface area contributed by atoms with Gasteiger partial charge in [-0.05, 0) is 41.0 Å². The summed E-state index contributed by atoms with van der Waals surface area (Å²) in [5, 5.41) is 9.06. The zero-order valence-electron chi connectivity index (χ0n) is 16.8. The molecule has 0 bridgehead atoms. The Morgan fingerprint density at radius 3 is 2.32 bits per heavy atom. The van der Waals surface area contributed by atoms with Gasteiger partial charge in [0.05, 0.1) is 31.4 Å². The molecule has 0 atom stereocenters. The smallest absolute Gasteiger partial charge is 0.307 e. The molecule has 0 aliphatic heterocycles. The summed E-state index contributed by atoms with van der Waals surface area (Å²) in [6.45, 7) is 0. The predicted molar refractivity (Wildman–Crippen MR) is 119 cm³/mol. The Morgan fingerprint density at radius 2 is 1.71 bits per heavy atom. The summed E-state index contributed by atoms with van der Waals surface area (Å²) in [6, 6.07) is 17.2. The van der Waals surface area contributed by atoms with E-state index < -0.39 is 16.0 Å². The third-order valence-electron chi connectivity index (χ3n) is 4.47. The third-order valence-corrected chi connectivity index (χ3v) is 6.12. The predicted octanol–water partition coefficient (Wildman–Crippen LogP) is 4.45. The number of carboxylic acids is 1. The molecule has 0 heterocycles. The fourth-order valence-corrected chi connectivity index (χ4v) is 4.77. The SMILES string of the molecule is COc1ccc(-c2ccccc2)cc1NS(=O)(=O)c1cc(CC(=O)O)cc(Cl)c1OC. The lowest BCUT2D eigenvalue weighted by Crippen LogP contribution is -2.16. The van der Waals surface area contributed by atoms with E-state index in [-0.39, 0.29) is 33.3 Å². The molecule has 0 fully saturated rings. The highest BCUT2D eigenvalue weighted by Gasteiger charge is 2.25. The molecule has 0 saturated carbocycles. The molecular weight excluding hydrogens is 442 g/mol. The van der Waals surface area contributed by atoms with E-state index in [1.807, 2.05) is 36.4 Å². The van der Waals surface area contributed by atoms with Crippen molar-refractivity contribution in [2.75, 3.05) is 18.9 Å². The lowest BCUT2D eigenvalue weighted by Gasteiger charge is -2.16. The second kappa shape index (κ2) is 9.28. The van der Waals surface area contributed by atoms with Crippen LogP contribution in [0.3, 0.4) is 0 Å². The molecule has 0 aliphatic rings. The second-order valence-corrected chi connectivity index (χ2v) is 8.62. The Balaban J connectivity index is 2.08. The van der Waals surface area contributed by atoms with Gasteiger partial charge in [-0.2, -0.15) is 0 Å². The van der Waals surface area contributed by atoms with E-state index in [0.29, 0.717) is 5.75 Å². The first-order valence-electron chi connectivity index (χ1n) is 9.09. The quantitative estimate of drug-likeness (QED) is 0.513. The number of carboxylic acid groups (broad SMARTS) is 1. The van der Waals surface area contributed by atoms with Crippen LogP contribution in [-0.4, -0.2) is 33.7 Å². The Labute approximate surface area is 185 Å². The van der Waals surface area contributed by atoms with Gasteiger partial charge in [0.1, 0.15) is 10.6 Å². The molecule has 0 saturated heterocycles. The molecule has 3 aromatic rings. The Bertz CT molecular complexity index is 1210. The number of ether oxygens (including phenoxy) is 2. The maximum absolute atomic E-state index is 13.2. The summed E-state index contributed by atoms with van der Waals surface area (Å²) >= 11 is 6.16. The van der Waals surface area contributed by atoms with Crippen LogP contribution < -0.4 is 14.2 Å². The van der Waals surface area contributed by atoms with Crippen molar-refractivity contribution in [1.29, 1.82) is 0 Å². The normalized spacial score (nSPS) is 11.1. The number of anilines is 1.